The van der Waals surface area contributed by atoms with Crippen molar-refractivity contribution in [1.29, 1.82) is 0 Å². The van der Waals surface area contributed by atoms with Crippen LogP contribution >= 0.6 is 23.1 Å². The Balaban J connectivity index is 1.39. The molecule has 0 radical (unpaired) electrons. The third-order valence-electron chi connectivity index (χ3n) is 5.97. The molecule has 8 nitrogen and oxygen atoms in total. The maximum absolute atomic E-state index is 13.0. The number of nitrogens with two attached hydrogens (primary N) is 1. The number of rotatable bonds is 8. The van der Waals surface area contributed by atoms with Gasteiger partial charge >= 0.3 is 0 Å². The number of nitrogens with one attached hydrogen (secondary N) is 2. The van der Waals surface area contributed by atoms with E-state index in [1.807, 2.05) is 24.1 Å². The predicted octanol–water partition coefficient (Wildman–Crippen LogP) is 4.37. The van der Waals surface area contributed by atoms with Crippen molar-refractivity contribution in [2.45, 2.75) is 43.0 Å². The molecule has 0 unspecified atom stereocenters. The topological polar surface area (TPSA) is 121 Å². The Morgan fingerprint density at radius 1 is 1.24 bits per heavy atom. The van der Waals surface area contributed by atoms with Crippen LogP contribution in [0.3, 0.4) is 0 Å². The number of nitrogens with zero attached hydrogens (tertiary/aromatic N) is 2. The summed E-state index contributed by atoms with van der Waals surface area (Å²) in [6.45, 7) is 0. The highest BCUT2D eigenvalue weighted by Crippen LogP contribution is 2.28. The molecule has 1 aliphatic rings. The standard InChI is InChI=1S/C24H27N5O3S2/c1-29(16-7-3-2-4-8-16)21(30)14-33-20-10-6-5-9-17(20)23(32)28-24-27-19(13-34-24)15-11-18(22(25)31)26-12-15/h5-6,9-13,16,26H,2-4,7-8,14H2,1H3,(H2,25,31)(H,27,28,32). The Morgan fingerprint density at radius 3 is 2.74 bits per heavy atom. The molecule has 0 aliphatic heterocycles. The Morgan fingerprint density at radius 2 is 2.00 bits per heavy atom. The van der Waals surface area contributed by atoms with Gasteiger partial charge in [0.05, 0.1) is 17.0 Å². The van der Waals surface area contributed by atoms with Crippen LogP contribution in [0, 0.1) is 0 Å². The molecule has 2 aromatic heterocycles. The molecule has 34 heavy (non-hydrogen) atoms. The molecule has 1 fully saturated rings. The molecule has 178 valence electrons. The van der Waals surface area contributed by atoms with Crippen LogP contribution in [0.2, 0.25) is 0 Å². The van der Waals surface area contributed by atoms with Gasteiger partial charge in [-0.3, -0.25) is 19.7 Å². The van der Waals surface area contributed by atoms with Gasteiger partial charge in [-0.15, -0.1) is 23.1 Å². The molecule has 10 heteroatoms. The number of hydrogen-bond acceptors (Lipinski definition) is 6. The van der Waals surface area contributed by atoms with E-state index < -0.39 is 5.91 Å². The summed E-state index contributed by atoms with van der Waals surface area (Å²) in [7, 11) is 1.88. The number of aromatic nitrogens is 2. The molecular weight excluding hydrogens is 470 g/mol. The Bertz CT molecular complexity index is 1180. The van der Waals surface area contributed by atoms with Crippen molar-refractivity contribution in [3.8, 4) is 11.3 Å². The van der Waals surface area contributed by atoms with Gasteiger partial charge in [-0.1, -0.05) is 31.4 Å². The predicted molar refractivity (Wildman–Crippen MR) is 135 cm³/mol. The Hall–Kier alpha value is -3.11. The van der Waals surface area contributed by atoms with Crippen LogP contribution in [0.4, 0.5) is 5.13 Å². The molecule has 0 atom stereocenters. The van der Waals surface area contributed by atoms with Gasteiger partial charge in [0.1, 0.15) is 5.69 Å². The second kappa shape index (κ2) is 10.9. The van der Waals surface area contributed by atoms with Crippen LogP contribution < -0.4 is 11.1 Å². The van der Waals surface area contributed by atoms with Crippen molar-refractivity contribution in [2.24, 2.45) is 5.73 Å². The van der Waals surface area contributed by atoms with Crippen LogP contribution in [-0.2, 0) is 4.79 Å². The van der Waals surface area contributed by atoms with E-state index in [0.717, 1.165) is 17.7 Å². The van der Waals surface area contributed by atoms with Crippen molar-refractivity contribution in [3.05, 3.63) is 53.2 Å². The number of benzene rings is 1. The van der Waals surface area contributed by atoms with Gasteiger partial charge in [-0.05, 0) is 31.0 Å². The highest BCUT2D eigenvalue weighted by atomic mass is 32.2. The number of H-pyrrole nitrogens is 1. The summed E-state index contributed by atoms with van der Waals surface area (Å²) < 4.78 is 0. The lowest BCUT2D eigenvalue weighted by Crippen LogP contribution is -2.39. The maximum atomic E-state index is 13.0. The first-order valence-corrected chi connectivity index (χ1v) is 13.0. The first kappa shape index (κ1) is 24.0. The van der Waals surface area contributed by atoms with E-state index in [1.54, 1.807) is 29.8 Å². The Labute approximate surface area is 206 Å². The van der Waals surface area contributed by atoms with E-state index in [9.17, 15) is 14.4 Å². The zero-order valence-electron chi connectivity index (χ0n) is 18.9. The quantitative estimate of drug-likeness (QED) is 0.399. The average Bonchev–Trinajstić information content (AvgIpc) is 3.53. The lowest BCUT2D eigenvalue weighted by atomic mass is 9.94. The van der Waals surface area contributed by atoms with Crippen molar-refractivity contribution in [1.82, 2.24) is 14.9 Å². The van der Waals surface area contributed by atoms with Gasteiger partial charge in [0.15, 0.2) is 5.13 Å². The number of amides is 3. The smallest absolute Gasteiger partial charge is 0.265 e. The Kier molecular flexibility index (Phi) is 7.69. The van der Waals surface area contributed by atoms with Gasteiger partial charge in [-0.2, -0.15) is 0 Å². The highest BCUT2D eigenvalue weighted by Gasteiger charge is 2.23. The van der Waals surface area contributed by atoms with E-state index in [4.69, 9.17) is 5.73 Å². The number of carbonyl (C=O) groups is 3. The zero-order valence-corrected chi connectivity index (χ0v) is 20.5. The third-order valence-corrected chi connectivity index (χ3v) is 7.78. The van der Waals surface area contributed by atoms with Gasteiger partial charge in [0.2, 0.25) is 5.91 Å². The van der Waals surface area contributed by atoms with Gasteiger partial charge in [0, 0.05) is 35.1 Å². The summed E-state index contributed by atoms with van der Waals surface area (Å²) in [5.41, 5.74) is 7.41. The SMILES string of the molecule is CN(C(=O)CSc1ccccc1C(=O)Nc1nc(-c2c[nH]c(C(N)=O)c2)cs1)C1CCCCC1. The molecule has 2 heterocycles. The number of anilines is 1. The lowest BCUT2D eigenvalue weighted by Gasteiger charge is -2.31. The molecule has 0 bridgehead atoms. The normalized spacial score (nSPS) is 14.0. The number of hydrogen-bond donors (Lipinski definition) is 3. The van der Waals surface area contributed by atoms with Crippen LogP contribution in [0.5, 0.6) is 0 Å². The minimum absolute atomic E-state index is 0.0820. The van der Waals surface area contributed by atoms with Gasteiger partial charge < -0.3 is 15.6 Å². The molecule has 1 aromatic carbocycles. The molecule has 1 aliphatic carbocycles. The van der Waals surface area contributed by atoms with Crippen molar-refractivity contribution in [3.63, 3.8) is 0 Å². The van der Waals surface area contributed by atoms with Crippen molar-refractivity contribution in [2.75, 3.05) is 18.1 Å². The van der Waals surface area contributed by atoms with E-state index in [0.29, 0.717) is 33.7 Å². The maximum Gasteiger partial charge on any atom is 0.265 e. The largest absolute Gasteiger partial charge is 0.364 e. The molecule has 3 amide bonds. The van der Waals surface area contributed by atoms with E-state index >= 15 is 0 Å². The number of aromatic amines is 1. The van der Waals surface area contributed by atoms with Crippen LogP contribution in [-0.4, -0.2) is 51.4 Å². The minimum Gasteiger partial charge on any atom is -0.364 e. The second-order valence-corrected chi connectivity index (χ2v) is 10.1. The first-order valence-electron chi connectivity index (χ1n) is 11.2. The lowest BCUT2D eigenvalue weighted by molar-refractivity contribution is -0.129. The van der Waals surface area contributed by atoms with Gasteiger partial charge in [-0.25, -0.2) is 4.98 Å². The molecule has 3 aromatic rings. The molecule has 0 saturated heterocycles. The molecule has 1 saturated carbocycles. The molecular formula is C24H27N5O3S2. The summed E-state index contributed by atoms with van der Waals surface area (Å²) in [5, 5.41) is 5.07. The average molecular weight is 498 g/mol. The fraction of sp³-hybridized carbons (Fsp3) is 0.333. The van der Waals surface area contributed by atoms with E-state index in [2.05, 4.69) is 15.3 Å². The second-order valence-electron chi connectivity index (χ2n) is 8.24. The van der Waals surface area contributed by atoms with E-state index in [-0.39, 0.29) is 17.6 Å². The number of carbonyl (C=O) groups excluding carboxylic acids is 3. The van der Waals surface area contributed by atoms with Crippen LogP contribution in [0.1, 0.15) is 53.0 Å². The summed E-state index contributed by atoms with van der Waals surface area (Å²) in [5.74, 6) is -0.469. The summed E-state index contributed by atoms with van der Waals surface area (Å²) >= 11 is 2.67. The third kappa shape index (κ3) is 5.68. The highest BCUT2D eigenvalue weighted by molar-refractivity contribution is 8.00. The zero-order chi connectivity index (χ0) is 24.1. The van der Waals surface area contributed by atoms with E-state index in [1.165, 1.54) is 42.4 Å². The van der Waals surface area contributed by atoms with Crippen LogP contribution in [0.25, 0.3) is 11.3 Å². The first-order chi connectivity index (χ1) is 16.4. The molecule has 4 rings (SSSR count). The summed E-state index contributed by atoms with van der Waals surface area (Å²) in [6, 6.07) is 9.19. The molecule has 0 spiro atoms. The van der Waals surface area contributed by atoms with Crippen molar-refractivity contribution >= 4 is 46.0 Å². The fourth-order valence-electron chi connectivity index (χ4n) is 4.01. The number of thiazole rings is 1. The molecule has 4 N–H and O–H groups in total. The summed E-state index contributed by atoms with van der Waals surface area (Å²) in [6.07, 6.45) is 7.37. The number of primary amides is 1. The van der Waals surface area contributed by atoms with Crippen LogP contribution in [0.15, 0.2) is 46.8 Å². The van der Waals surface area contributed by atoms with Crippen molar-refractivity contribution < 1.29 is 14.4 Å². The minimum atomic E-state index is -0.549. The summed E-state index contributed by atoms with van der Waals surface area (Å²) in [4.78, 5) is 46.9. The monoisotopic (exact) mass is 497 g/mol. The van der Waals surface area contributed by atoms with Gasteiger partial charge in [0.25, 0.3) is 11.8 Å². The fourth-order valence-corrected chi connectivity index (χ4v) is 5.69. The number of thioether (sulfide) groups is 1.